The summed E-state index contributed by atoms with van der Waals surface area (Å²) in [7, 11) is 0. The van der Waals surface area contributed by atoms with E-state index in [1.54, 1.807) is 6.07 Å². The Morgan fingerprint density at radius 3 is 2.76 bits per heavy atom. The zero-order valence-corrected chi connectivity index (χ0v) is 11.1. The van der Waals surface area contributed by atoms with Gasteiger partial charge in [0.2, 0.25) is 5.91 Å². The second kappa shape index (κ2) is 5.98. The fourth-order valence-electron chi connectivity index (χ4n) is 1.48. The third-order valence-corrected chi connectivity index (χ3v) is 2.74. The molecule has 1 amide bonds. The Morgan fingerprint density at radius 2 is 2.24 bits per heavy atom. The van der Waals surface area contributed by atoms with E-state index in [2.05, 4.69) is 10.3 Å². The summed E-state index contributed by atoms with van der Waals surface area (Å²) in [6, 6.07) is 1.28. The molecule has 1 heterocycles. The van der Waals surface area contributed by atoms with Crippen LogP contribution in [-0.2, 0) is 4.79 Å². The Balaban J connectivity index is 2.64. The molecule has 0 aliphatic carbocycles. The van der Waals surface area contributed by atoms with Gasteiger partial charge >= 0.3 is 0 Å². The Kier molecular flexibility index (Phi) is 4.90. The number of amides is 1. The van der Waals surface area contributed by atoms with Gasteiger partial charge in [0, 0.05) is 0 Å². The molecule has 0 aliphatic rings. The number of aryl methyl sites for hydroxylation is 1. The van der Waals surface area contributed by atoms with Crippen molar-refractivity contribution < 1.29 is 4.79 Å². The molecule has 0 saturated carbocycles. The summed E-state index contributed by atoms with van der Waals surface area (Å²) in [5.74, 6) is 0.197. The second-order valence-electron chi connectivity index (χ2n) is 4.56. The first-order valence-electron chi connectivity index (χ1n) is 5.58. The number of nitrogens with zero attached hydrogens (tertiary/aromatic N) is 1. The lowest BCUT2D eigenvalue weighted by atomic mass is 10.0. The number of aromatic nitrogens is 1. The fourth-order valence-corrected chi connectivity index (χ4v) is 1.58. The van der Waals surface area contributed by atoms with E-state index in [4.69, 9.17) is 17.3 Å². The molecule has 1 aromatic heterocycles. The van der Waals surface area contributed by atoms with Crippen LogP contribution in [0.1, 0.15) is 25.8 Å². The van der Waals surface area contributed by atoms with Crippen LogP contribution in [0.2, 0.25) is 5.15 Å². The monoisotopic (exact) mass is 255 g/mol. The van der Waals surface area contributed by atoms with E-state index in [0.717, 1.165) is 5.56 Å². The number of carbonyl (C=O) groups is 1. The number of carbonyl (C=O) groups excluding carboxylic acids is 1. The van der Waals surface area contributed by atoms with E-state index >= 15 is 0 Å². The number of halogens is 1. The molecule has 0 fully saturated rings. The van der Waals surface area contributed by atoms with Crippen LogP contribution in [0, 0.1) is 12.8 Å². The Hall–Kier alpha value is -1.13. The van der Waals surface area contributed by atoms with E-state index in [0.29, 0.717) is 23.2 Å². The minimum atomic E-state index is -0.494. The highest BCUT2D eigenvalue weighted by molar-refractivity contribution is 6.30. The van der Waals surface area contributed by atoms with Gasteiger partial charge in [0.1, 0.15) is 5.15 Å². The predicted octanol–water partition coefficient (Wildman–Crippen LogP) is 2.36. The number of hydrogen-bond acceptors (Lipinski definition) is 3. The van der Waals surface area contributed by atoms with Crippen molar-refractivity contribution in [3.8, 4) is 0 Å². The van der Waals surface area contributed by atoms with Crippen LogP contribution in [0.15, 0.2) is 12.3 Å². The predicted molar refractivity (Wildman–Crippen MR) is 70.0 cm³/mol. The second-order valence-corrected chi connectivity index (χ2v) is 4.92. The molecular weight excluding hydrogens is 238 g/mol. The van der Waals surface area contributed by atoms with Crippen molar-refractivity contribution in [2.24, 2.45) is 11.7 Å². The summed E-state index contributed by atoms with van der Waals surface area (Å²) < 4.78 is 0. The molecule has 4 nitrogen and oxygen atoms in total. The van der Waals surface area contributed by atoms with E-state index in [1.807, 2.05) is 20.8 Å². The minimum Gasteiger partial charge on any atom is -0.323 e. The van der Waals surface area contributed by atoms with Gasteiger partial charge in [0.25, 0.3) is 0 Å². The number of anilines is 1. The van der Waals surface area contributed by atoms with E-state index in [9.17, 15) is 4.79 Å². The highest BCUT2D eigenvalue weighted by atomic mass is 35.5. The van der Waals surface area contributed by atoms with Crippen molar-refractivity contribution in [1.82, 2.24) is 4.98 Å². The first-order chi connectivity index (χ1) is 7.90. The van der Waals surface area contributed by atoms with Gasteiger partial charge in [-0.15, -0.1) is 0 Å². The molecule has 17 heavy (non-hydrogen) atoms. The van der Waals surface area contributed by atoms with Crippen LogP contribution in [-0.4, -0.2) is 16.9 Å². The third-order valence-electron chi connectivity index (χ3n) is 2.34. The first kappa shape index (κ1) is 13.9. The van der Waals surface area contributed by atoms with Gasteiger partial charge in [-0.3, -0.25) is 4.79 Å². The molecule has 0 aliphatic heterocycles. The lowest BCUT2D eigenvalue weighted by Crippen LogP contribution is -2.36. The Labute approximate surface area is 107 Å². The van der Waals surface area contributed by atoms with Gasteiger partial charge < -0.3 is 11.1 Å². The normalized spacial score (nSPS) is 12.6. The number of rotatable bonds is 4. The van der Waals surface area contributed by atoms with Gasteiger partial charge in [-0.1, -0.05) is 25.4 Å². The van der Waals surface area contributed by atoms with Crippen molar-refractivity contribution in [2.75, 3.05) is 5.32 Å². The van der Waals surface area contributed by atoms with Gasteiger partial charge in [0.05, 0.1) is 17.9 Å². The summed E-state index contributed by atoms with van der Waals surface area (Å²) in [6.45, 7) is 5.89. The van der Waals surface area contributed by atoms with E-state index in [-0.39, 0.29) is 5.91 Å². The van der Waals surface area contributed by atoms with Crippen molar-refractivity contribution in [2.45, 2.75) is 33.2 Å². The van der Waals surface area contributed by atoms with Gasteiger partial charge in [-0.05, 0) is 30.9 Å². The topological polar surface area (TPSA) is 68.0 Å². The van der Waals surface area contributed by atoms with Gasteiger partial charge in [-0.25, -0.2) is 4.98 Å². The molecule has 0 unspecified atom stereocenters. The number of hydrogen-bond donors (Lipinski definition) is 2. The maximum atomic E-state index is 11.7. The van der Waals surface area contributed by atoms with Crippen LogP contribution < -0.4 is 11.1 Å². The van der Waals surface area contributed by atoms with Gasteiger partial charge in [-0.2, -0.15) is 0 Å². The molecule has 0 aromatic carbocycles. The summed E-state index contributed by atoms with van der Waals surface area (Å²) in [6.07, 6.45) is 2.18. The number of nitrogens with two attached hydrogens (primary N) is 1. The van der Waals surface area contributed by atoms with Crippen molar-refractivity contribution >= 4 is 23.2 Å². The van der Waals surface area contributed by atoms with Crippen molar-refractivity contribution in [1.29, 1.82) is 0 Å². The molecule has 0 spiro atoms. The maximum Gasteiger partial charge on any atom is 0.241 e. The molecule has 1 atom stereocenters. The zero-order chi connectivity index (χ0) is 13.0. The largest absolute Gasteiger partial charge is 0.323 e. The molecule has 5 heteroatoms. The molecule has 1 aromatic rings. The molecule has 94 valence electrons. The molecule has 0 radical (unpaired) electrons. The summed E-state index contributed by atoms with van der Waals surface area (Å²) in [5, 5.41) is 3.17. The van der Waals surface area contributed by atoms with Crippen LogP contribution in [0.4, 0.5) is 5.69 Å². The van der Waals surface area contributed by atoms with Crippen molar-refractivity contribution in [3.63, 3.8) is 0 Å². The summed E-state index contributed by atoms with van der Waals surface area (Å²) in [4.78, 5) is 15.7. The molecule has 0 saturated heterocycles. The lowest BCUT2D eigenvalue weighted by molar-refractivity contribution is -0.117. The fraction of sp³-hybridized carbons (Fsp3) is 0.500. The van der Waals surface area contributed by atoms with Gasteiger partial charge in [0.15, 0.2) is 0 Å². The quantitative estimate of drug-likeness (QED) is 0.812. The Bertz CT molecular complexity index is 407. The molecule has 3 N–H and O–H groups in total. The molecule has 1 rings (SSSR count). The van der Waals surface area contributed by atoms with Crippen LogP contribution >= 0.6 is 11.6 Å². The average Bonchev–Trinajstić information content (AvgIpc) is 2.22. The summed E-state index contributed by atoms with van der Waals surface area (Å²) in [5.41, 5.74) is 7.22. The minimum absolute atomic E-state index is 0.192. The summed E-state index contributed by atoms with van der Waals surface area (Å²) >= 11 is 5.80. The molecule has 0 bridgehead atoms. The first-order valence-corrected chi connectivity index (χ1v) is 5.96. The number of pyridine rings is 1. The standard InChI is InChI=1S/C12H18ClN3O/c1-7(2)4-10(14)12(17)16-9-5-8(3)11(13)15-6-9/h5-7,10H,4,14H2,1-3H3,(H,16,17)/t10-/m1/s1. The van der Waals surface area contributed by atoms with E-state index < -0.39 is 6.04 Å². The zero-order valence-electron chi connectivity index (χ0n) is 10.3. The van der Waals surface area contributed by atoms with E-state index in [1.165, 1.54) is 6.20 Å². The highest BCUT2D eigenvalue weighted by Gasteiger charge is 2.15. The van der Waals surface area contributed by atoms with Crippen LogP contribution in [0.25, 0.3) is 0 Å². The molecular formula is C12H18ClN3O. The maximum absolute atomic E-state index is 11.7. The average molecular weight is 256 g/mol. The highest BCUT2D eigenvalue weighted by Crippen LogP contribution is 2.16. The van der Waals surface area contributed by atoms with Crippen LogP contribution in [0.5, 0.6) is 0 Å². The smallest absolute Gasteiger partial charge is 0.241 e. The van der Waals surface area contributed by atoms with Crippen LogP contribution in [0.3, 0.4) is 0 Å². The number of nitrogens with one attached hydrogen (secondary N) is 1. The Morgan fingerprint density at radius 1 is 1.59 bits per heavy atom. The van der Waals surface area contributed by atoms with Crippen molar-refractivity contribution in [3.05, 3.63) is 23.0 Å². The third kappa shape index (κ3) is 4.32. The lowest BCUT2D eigenvalue weighted by Gasteiger charge is -2.14. The SMILES string of the molecule is Cc1cc(NC(=O)[C@H](N)CC(C)C)cnc1Cl.